The average molecular weight is 290 g/mol. The van der Waals surface area contributed by atoms with E-state index in [-0.39, 0.29) is 21.8 Å². The lowest BCUT2D eigenvalue weighted by Gasteiger charge is -2.24. The van der Waals surface area contributed by atoms with Gasteiger partial charge in [0.25, 0.3) is 0 Å². The van der Waals surface area contributed by atoms with Gasteiger partial charge < -0.3 is 5.73 Å². The summed E-state index contributed by atoms with van der Waals surface area (Å²) in [6, 6.07) is 1.33. The molecule has 2 N–H and O–H groups in total. The molecular weight excluding hydrogens is 274 g/mol. The summed E-state index contributed by atoms with van der Waals surface area (Å²) >= 11 is 5.81. The van der Waals surface area contributed by atoms with E-state index >= 15 is 0 Å². The molecule has 1 aromatic heterocycles. The first-order valence-corrected chi connectivity index (χ1v) is 7.55. The van der Waals surface area contributed by atoms with E-state index in [9.17, 15) is 8.42 Å². The van der Waals surface area contributed by atoms with Gasteiger partial charge in [-0.1, -0.05) is 11.6 Å². The van der Waals surface area contributed by atoms with E-state index in [0.29, 0.717) is 5.92 Å². The Morgan fingerprint density at radius 2 is 2.17 bits per heavy atom. The molecule has 0 aromatic carbocycles. The van der Waals surface area contributed by atoms with Gasteiger partial charge in [-0.15, -0.1) is 0 Å². The summed E-state index contributed by atoms with van der Waals surface area (Å²) in [7, 11) is -1.97. The number of nitrogens with two attached hydrogens (primary N) is 1. The van der Waals surface area contributed by atoms with Crippen molar-refractivity contribution in [1.29, 1.82) is 0 Å². The predicted octanol–water partition coefficient (Wildman–Crippen LogP) is 1.74. The molecule has 0 aliphatic heterocycles. The fourth-order valence-electron chi connectivity index (χ4n) is 1.83. The van der Waals surface area contributed by atoms with Crippen molar-refractivity contribution in [2.45, 2.75) is 30.7 Å². The predicted molar refractivity (Wildman–Crippen MR) is 70.8 cm³/mol. The Labute approximate surface area is 112 Å². The van der Waals surface area contributed by atoms with E-state index in [1.807, 2.05) is 6.92 Å². The van der Waals surface area contributed by atoms with E-state index in [1.165, 1.54) is 16.6 Å². The minimum atomic E-state index is -3.55. The number of nitrogen functional groups attached to an aromatic ring is 1. The van der Waals surface area contributed by atoms with Crippen molar-refractivity contribution in [2.75, 3.05) is 12.8 Å². The monoisotopic (exact) mass is 289 g/mol. The summed E-state index contributed by atoms with van der Waals surface area (Å²) in [5.74, 6) is 0.593. The SMILES string of the molecule is CC(C1CC1)N(C)S(=O)(=O)c1cnc(N)c(Cl)c1. The number of nitrogens with zero attached hydrogens (tertiary/aromatic N) is 2. The van der Waals surface area contributed by atoms with Gasteiger partial charge in [0.15, 0.2) is 0 Å². The molecule has 18 heavy (non-hydrogen) atoms. The van der Waals surface area contributed by atoms with Crippen LogP contribution >= 0.6 is 11.6 Å². The number of sulfonamides is 1. The fraction of sp³-hybridized carbons (Fsp3) is 0.545. The molecule has 1 atom stereocenters. The Hall–Kier alpha value is -0.850. The molecule has 0 spiro atoms. The number of hydrogen-bond donors (Lipinski definition) is 1. The Bertz CT molecular complexity index is 557. The molecule has 1 unspecified atom stereocenters. The Morgan fingerprint density at radius 1 is 1.56 bits per heavy atom. The van der Waals surface area contributed by atoms with Gasteiger partial charge in [0, 0.05) is 19.3 Å². The Kier molecular flexibility index (Phi) is 3.53. The summed E-state index contributed by atoms with van der Waals surface area (Å²) in [5, 5.41) is 0.156. The minimum absolute atomic E-state index is 0.00803. The number of aromatic nitrogens is 1. The molecule has 100 valence electrons. The maximum absolute atomic E-state index is 12.4. The van der Waals surface area contributed by atoms with Crippen LogP contribution in [-0.2, 0) is 10.0 Å². The number of halogens is 1. The summed E-state index contributed by atoms with van der Waals surface area (Å²) in [6.45, 7) is 1.92. The maximum atomic E-state index is 12.4. The van der Waals surface area contributed by atoms with E-state index < -0.39 is 10.0 Å². The first-order chi connectivity index (χ1) is 8.34. The molecule has 0 bridgehead atoms. The van der Waals surface area contributed by atoms with Crippen molar-refractivity contribution >= 4 is 27.4 Å². The first-order valence-electron chi connectivity index (χ1n) is 5.73. The molecular formula is C11H16ClN3O2S. The molecule has 1 aliphatic carbocycles. The van der Waals surface area contributed by atoms with Crippen LogP contribution in [0, 0.1) is 5.92 Å². The van der Waals surface area contributed by atoms with Crippen LogP contribution in [0.4, 0.5) is 5.82 Å². The molecule has 1 fully saturated rings. The number of rotatable bonds is 4. The van der Waals surface area contributed by atoms with Crippen LogP contribution in [-0.4, -0.2) is 30.8 Å². The second kappa shape index (κ2) is 4.68. The zero-order valence-corrected chi connectivity index (χ0v) is 11.9. The maximum Gasteiger partial charge on any atom is 0.244 e. The number of hydrogen-bond acceptors (Lipinski definition) is 4. The second-order valence-electron chi connectivity index (χ2n) is 4.64. The van der Waals surface area contributed by atoms with Crippen molar-refractivity contribution in [3.05, 3.63) is 17.3 Å². The third kappa shape index (κ3) is 2.46. The van der Waals surface area contributed by atoms with Gasteiger partial charge in [-0.05, 0) is 31.7 Å². The van der Waals surface area contributed by atoms with Crippen LogP contribution in [0.5, 0.6) is 0 Å². The van der Waals surface area contributed by atoms with Crippen LogP contribution in [0.3, 0.4) is 0 Å². The van der Waals surface area contributed by atoms with Crippen molar-refractivity contribution in [3.8, 4) is 0 Å². The van der Waals surface area contributed by atoms with Gasteiger partial charge in [0.2, 0.25) is 10.0 Å². The highest BCUT2D eigenvalue weighted by molar-refractivity contribution is 7.89. The zero-order chi connectivity index (χ0) is 13.5. The van der Waals surface area contributed by atoms with Gasteiger partial charge >= 0.3 is 0 Å². The molecule has 1 aromatic rings. The summed E-state index contributed by atoms with van der Waals surface area (Å²) < 4.78 is 26.1. The highest BCUT2D eigenvalue weighted by Crippen LogP contribution is 2.36. The molecule has 1 aliphatic rings. The largest absolute Gasteiger partial charge is 0.382 e. The summed E-state index contributed by atoms with van der Waals surface area (Å²) in [5.41, 5.74) is 5.47. The van der Waals surface area contributed by atoms with E-state index in [1.54, 1.807) is 7.05 Å². The Balaban J connectivity index is 2.31. The standard InChI is InChI=1S/C11H16ClN3O2S/c1-7(8-3-4-8)15(2)18(16,17)9-5-10(12)11(13)14-6-9/h5-8H,3-4H2,1-2H3,(H2,13,14). The lowest BCUT2D eigenvalue weighted by Crippen LogP contribution is -2.36. The number of pyridine rings is 1. The van der Waals surface area contributed by atoms with Crippen LogP contribution in [0.2, 0.25) is 5.02 Å². The Morgan fingerprint density at radius 3 is 2.67 bits per heavy atom. The van der Waals surface area contributed by atoms with Crippen molar-refractivity contribution in [2.24, 2.45) is 5.92 Å². The number of anilines is 1. The van der Waals surface area contributed by atoms with Gasteiger partial charge in [-0.2, -0.15) is 4.31 Å². The molecule has 1 saturated carbocycles. The van der Waals surface area contributed by atoms with E-state index in [0.717, 1.165) is 12.8 Å². The third-order valence-corrected chi connectivity index (χ3v) is 5.61. The van der Waals surface area contributed by atoms with Gasteiger partial charge in [-0.3, -0.25) is 0 Å². The topological polar surface area (TPSA) is 76.3 Å². The zero-order valence-electron chi connectivity index (χ0n) is 10.3. The quantitative estimate of drug-likeness (QED) is 0.916. The van der Waals surface area contributed by atoms with Crippen molar-refractivity contribution in [3.63, 3.8) is 0 Å². The molecule has 1 heterocycles. The smallest absolute Gasteiger partial charge is 0.244 e. The van der Waals surface area contributed by atoms with Gasteiger partial charge in [0.1, 0.15) is 10.7 Å². The van der Waals surface area contributed by atoms with Crippen molar-refractivity contribution in [1.82, 2.24) is 9.29 Å². The first kappa shape index (κ1) is 13.6. The van der Waals surface area contributed by atoms with Crippen LogP contribution in [0.25, 0.3) is 0 Å². The van der Waals surface area contributed by atoms with Crippen LogP contribution in [0.1, 0.15) is 19.8 Å². The van der Waals surface area contributed by atoms with Gasteiger partial charge in [0.05, 0.1) is 5.02 Å². The normalized spacial score (nSPS) is 18.0. The van der Waals surface area contributed by atoms with Gasteiger partial charge in [-0.25, -0.2) is 13.4 Å². The molecule has 5 nitrogen and oxygen atoms in total. The minimum Gasteiger partial charge on any atom is -0.382 e. The summed E-state index contributed by atoms with van der Waals surface area (Å²) in [6.07, 6.45) is 3.41. The van der Waals surface area contributed by atoms with Crippen LogP contribution < -0.4 is 5.73 Å². The fourth-order valence-corrected chi connectivity index (χ4v) is 3.46. The third-order valence-electron chi connectivity index (χ3n) is 3.40. The lowest BCUT2D eigenvalue weighted by atomic mass is 10.2. The molecule has 0 amide bonds. The lowest BCUT2D eigenvalue weighted by molar-refractivity contribution is 0.357. The molecule has 2 rings (SSSR count). The van der Waals surface area contributed by atoms with E-state index in [2.05, 4.69) is 4.98 Å². The van der Waals surface area contributed by atoms with Crippen molar-refractivity contribution < 1.29 is 8.42 Å². The highest BCUT2D eigenvalue weighted by Gasteiger charge is 2.36. The molecule has 7 heteroatoms. The second-order valence-corrected chi connectivity index (χ2v) is 7.04. The average Bonchev–Trinajstić information content (AvgIpc) is 3.14. The highest BCUT2D eigenvalue weighted by atomic mass is 35.5. The molecule has 0 radical (unpaired) electrons. The molecule has 0 saturated heterocycles. The van der Waals surface area contributed by atoms with Crippen LogP contribution in [0.15, 0.2) is 17.2 Å². The van der Waals surface area contributed by atoms with E-state index in [4.69, 9.17) is 17.3 Å². The summed E-state index contributed by atoms with van der Waals surface area (Å²) in [4.78, 5) is 3.87.